The van der Waals surface area contributed by atoms with Gasteiger partial charge in [0.25, 0.3) is 0 Å². The van der Waals surface area contributed by atoms with Gasteiger partial charge in [0.15, 0.2) is 0 Å². The predicted molar refractivity (Wildman–Crippen MR) is 102 cm³/mol. The zero-order chi connectivity index (χ0) is 17.8. The van der Waals surface area contributed by atoms with Crippen LogP contribution in [0.1, 0.15) is 11.4 Å². The number of aromatic nitrogens is 5. The maximum Gasteiger partial charge on any atom is 0.215 e. The van der Waals surface area contributed by atoms with Gasteiger partial charge in [-0.05, 0) is 31.2 Å². The number of para-hydroxylation sites is 2. The van der Waals surface area contributed by atoms with Gasteiger partial charge in [0.2, 0.25) is 5.43 Å². The number of aromatic amines is 1. The molecule has 128 valence electrons. The smallest absolute Gasteiger partial charge is 0.215 e. The summed E-state index contributed by atoms with van der Waals surface area (Å²) in [6.07, 6.45) is 1.75. The monoisotopic (exact) mass is 343 g/mol. The second-order valence-electron chi connectivity index (χ2n) is 6.64. The quantitative estimate of drug-likeness (QED) is 0.535. The second-order valence-corrected chi connectivity index (χ2v) is 6.64. The van der Waals surface area contributed by atoms with E-state index in [2.05, 4.69) is 19.6 Å². The van der Waals surface area contributed by atoms with Crippen LogP contribution in [0, 0.1) is 6.92 Å². The molecule has 0 spiro atoms. The van der Waals surface area contributed by atoms with Crippen molar-refractivity contribution in [2.75, 3.05) is 0 Å². The Morgan fingerprint density at radius 3 is 2.81 bits per heavy atom. The van der Waals surface area contributed by atoms with Crippen LogP contribution in [0.25, 0.3) is 33.0 Å². The van der Waals surface area contributed by atoms with Crippen molar-refractivity contribution < 1.29 is 0 Å². The van der Waals surface area contributed by atoms with Gasteiger partial charge in [-0.3, -0.25) is 9.48 Å². The number of hydrogen-bond donors (Lipinski definition) is 1. The molecule has 26 heavy (non-hydrogen) atoms. The summed E-state index contributed by atoms with van der Waals surface area (Å²) < 4.78 is 3.75. The van der Waals surface area contributed by atoms with Crippen molar-refractivity contribution in [2.24, 2.45) is 7.05 Å². The Kier molecular flexibility index (Phi) is 3.03. The van der Waals surface area contributed by atoms with E-state index in [-0.39, 0.29) is 5.43 Å². The van der Waals surface area contributed by atoms with Crippen molar-refractivity contribution in [1.29, 1.82) is 0 Å². The number of rotatable bonds is 2. The zero-order valence-corrected chi connectivity index (χ0v) is 14.5. The molecule has 0 bridgehead atoms. The number of aryl methyl sites for hydroxylation is 2. The summed E-state index contributed by atoms with van der Waals surface area (Å²) in [5.41, 5.74) is 5.33. The lowest BCUT2D eigenvalue weighted by Gasteiger charge is -2.12. The van der Waals surface area contributed by atoms with Crippen molar-refractivity contribution in [2.45, 2.75) is 13.5 Å². The lowest BCUT2D eigenvalue weighted by molar-refractivity contribution is 0.793. The van der Waals surface area contributed by atoms with Gasteiger partial charge in [-0.25, -0.2) is 4.98 Å². The number of hydrogen-bond acceptors (Lipinski definition) is 3. The fraction of sp³-hybridized carbons (Fsp3) is 0.150. The summed E-state index contributed by atoms with van der Waals surface area (Å²) in [5, 5.41) is 5.02. The minimum Gasteiger partial charge on any atom is -0.340 e. The normalized spacial score (nSPS) is 11.8. The van der Waals surface area contributed by atoms with Gasteiger partial charge in [0.05, 0.1) is 34.8 Å². The van der Waals surface area contributed by atoms with Crippen molar-refractivity contribution >= 4 is 33.0 Å². The molecule has 0 fully saturated rings. The minimum absolute atomic E-state index is 0.0135. The molecule has 5 aromatic rings. The molecular weight excluding hydrogens is 326 g/mol. The fourth-order valence-electron chi connectivity index (χ4n) is 3.61. The summed E-state index contributed by atoms with van der Waals surface area (Å²) >= 11 is 0. The molecule has 0 radical (unpaired) electrons. The van der Waals surface area contributed by atoms with Gasteiger partial charge in [0.1, 0.15) is 11.3 Å². The standard InChI is InChI=1S/C20H17N5O/c1-12-7-8-16-13(9-12)20(26)19-17(10-21-24(19)2)25(16)11-18-22-14-5-3-4-6-15(14)23-18/h3-10H,11H2,1-2H3,(H,22,23). The molecule has 0 aliphatic carbocycles. The summed E-state index contributed by atoms with van der Waals surface area (Å²) in [4.78, 5) is 21.0. The molecule has 0 amide bonds. The SMILES string of the molecule is Cc1ccc2c(c1)c(=O)c1c(cnn1C)n2Cc1nc2ccccc2[nH]1. The van der Waals surface area contributed by atoms with Crippen LogP contribution in [0.15, 0.2) is 53.5 Å². The summed E-state index contributed by atoms with van der Waals surface area (Å²) in [5.74, 6) is 0.849. The molecule has 1 N–H and O–H groups in total. The van der Waals surface area contributed by atoms with Crippen LogP contribution in [0.5, 0.6) is 0 Å². The number of nitrogens with zero attached hydrogens (tertiary/aromatic N) is 4. The van der Waals surface area contributed by atoms with Gasteiger partial charge in [-0.2, -0.15) is 5.10 Å². The number of H-pyrrole nitrogens is 1. The maximum absolute atomic E-state index is 13.0. The van der Waals surface area contributed by atoms with E-state index in [1.54, 1.807) is 17.9 Å². The lowest BCUT2D eigenvalue weighted by Crippen LogP contribution is -2.14. The Morgan fingerprint density at radius 2 is 1.96 bits per heavy atom. The van der Waals surface area contributed by atoms with E-state index in [9.17, 15) is 4.79 Å². The van der Waals surface area contributed by atoms with Crippen molar-refractivity contribution in [1.82, 2.24) is 24.3 Å². The Balaban J connectivity index is 1.82. The molecule has 6 heteroatoms. The van der Waals surface area contributed by atoms with Crippen LogP contribution in [-0.2, 0) is 13.6 Å². The topological polar surface area (TPSA) is 68.5 Å². The van der Waals surface area contributed by atoms with E-state index < -0.39 is 0 Å². The molecule has 0 aliphatic heterocycles. The molecule has 3 aromatic heterocycles. The summed E-state index contributed by atoms with van der Waals surface area (Å²) in [7, 11) is 1.80. The third-order valence-electron chi connectivity index (χ3n) is 4.86. The summed E-state index contributed by atoms with van der Waals surface area (Å²) in [6.45, 7) is 2.53. The first kappa shape index (κ1) is 14.9. The van der Waals surface area contributed by atoms with E-state index in [1.807, 2.05) is 49.4 Å². The minimum atomic E-state index is 0.0135. The first-order valence-corrected chi connectivity index (χ1v) is 8.50. The largest absolute Gasteiger partial charge is 0.340 e. The van der Waals surface area contributed by atoms with Gasteiger partial charge in [0, 0.05) is 12.4 Å². The number of fused-ring (bicyclic) bond motifs is 3. The third-order valence-corrected chi connectivity index (χ3v) is 4.86. The maximum atomic E-state index is 13.0. The van der Waals surface area contributed by atoms with Crippen molar-refractivity contribution in [3.05, 3.63) is 70.3 Å². The Bertz CT molecular complexity index is 1320. The highest BCUT2D eigenvalue weighted by atomic mass is 16.1. The third kappa shape index (κ3) is 2.08. The van der Waals surface area contributed by atoms with Crippen molar-refractivity contribution in [3.63, 3.8) is 0 Å². The van der Waals surface area contributed by atoms with Crippen LogP contribution in [0.4, 0.5) is 0 Å². The van der Waals surface area contributed by atoms with Gasteiger partial charge < -0.3 is 9.55 Å². The fourth-order valence-corrected chi connectivity index (χ4v) is 3.61. The van der Waals surface area contributed by atoms with E-state index in [0.29, 0.717) is 17.4 Å². The highest BCUT2D eigenvalue weighted by Gasteiger charge is 2.15. The molecular formula is C20H17N5O. The molecule has 0 unspecified atom stereocenters. The van der Waals surface area contributed by atoms with Gasteiger partial charge in [-0.1, -0.05) is 23.8 Å². The highest BCUT2D eigenvalue weighted by Crippen LogP contribution is 2.21. The molecule has 0 atom stereocenters. The average molecular weight is 343 g/mol. The lowest BCUT2D eigenvalue weighted by atomic mass is 10.1. The van der Waals surface area contributed by atoms with E-state index >= 15 is 0 Å². The Hall–Kier alpha value is -3.41. The van der Waals surface area contributed by atoms with Gasteiger partial charge >= 0.3 is 0 Å². The molecule has 0 saturated carbocycles. The predicted octanol–water partition coefficient (Wildman–Crippen LogP) is 3.12. The molecule has 5 rings (SSSR count). The van der Waals surface area contributed by atoms with Crippen LogP contribution in [0.3, 0.4) is 0 Å². The number of benzene rings is 2. The Morgan fingerprint density at radius 1 is 1.12 bits per heavy atom. The summed E-state index contributed by atoms with van der Waals surface area (Å²) in [6, 6.07) is 13.9. The van der Waals surface area contributed by atoms with E-state index in [4.69, 9.17) is 0 Å². The van der Waals surface area contributed by atoms with Gasteiger partial charge in [-0.15, -0.1) is 0 Å². The number of imidazole rings is 1. The highest BCUT2D eigenvalue weighted by molar-refractivity contribution is 5.92. The van der Waals surface area contributed by atoms with Crippen LogP contribution in [-0.4, -0.2) is 24.3 Å². The van der Waals surface area contributed by atoms with Crippen LogP contribution in [0.2, 0.25) is 0 Å². The number of nitrogens with one attached hydrogen (secondary N) is 1. The molecule has 0 saturated heterocycles. The first-order chi connectivity index (χ1) is 12.6. The van der Waals surface area contributed by atoms with E-state index in [1.165, 1.54) is 0 Å². The van der Waals surface area contributed by atoms with Crippen LogP contribution >= 0.6 is 0 Å². The number of pyridine rings is 1. The van der Waals surface area contributed by atoms with E-state index in [0.717, 1.165) is 33.5 Å². The zero-order valence-electron chi connectivity index (χ0n) is 14.5. The second kappa shape index (κ2) is 5.29. The van der Waals surface area contributed by atoms with Crippen LogP contribution < -0.4 is 5.43 Å². The molecule has 2 aromatic carbocycles. The molecule has 6 nitrogen and oxygen atoms in total. The average Bonchev–Trinajstić information content (AvgIpc) is 3.22. The molecule has 0 aliphatic rings. The molecule has 3 heterocycles. The van der Waals surface area contributed by atoms with Crippen molar-refractivity contribution in [3.8, 4) is 0 Å². The first-order valence-electron chi connectivity index (χ1n) is 8.50. The Labute approximate surface area is 148 Å².